The summed E-state index contributed by atoms with van der Waals surface area (Å²) in [5.41, 5.74) is 8.78. The molecule has 2 N–H and O–H groups in total. The van der Waals surface area contributed by atoms with Crippen molar-refractivity contribution < 1.29 is 4.74 Å². The van der Waals surface area contributed by atoms with Crippen molar-refractivity contribution in [3.63, 3.8) is 0 Å². The Morgan fingerprint density at radius 3 is 2.45 bits per heavy atom. The molecule has 4 heteroatoms. The predicted octanol–water partition coefficient (Wildman–Crippen LogP) is 3.13. The molecule has 0 saturated carbocycles. The zero-order chi connectivity index (χ0) is 13.9. The Morgan fingerprint density at radius 2 is 1.70 bits per heavy atom. The maximum atomic E-state index is 6.03. The molecule has 2 aromatic carbocycles. The summed E-state index contributed by atoms with van der Waals surface area (Å²) in [6, 6.07) is 17.7. The van der Waals surface area contributed by atoms with Crippen LogP contribution in [0.4, 0.5) is 5.95 Å². The van der Waals surface area contributed by atoms with Gasteiger partial charge in [-0.3, -0.25) is 4.57 Å². The number of nitrogens with zero attached hydrogens (tertiary/aromatic N) is 2. The van der Waals surface area contributed by atoms with E-state index >= 15 is 0 Å². The van der Waals surface area contributed by atoms with Gasteiger partial charge < -0.3 is 10.5 Å². The zero-order valence-electron chi connectivity index (χ0n) is 11.2. The van der Waals surface area contributed by atoms with Gasteiger partial charge in [0.1, 0.15) is 5.75 Å². The van der Waals surface area contributed by atoms with Crippen molar-refractivity contribution in [1.29, 1.82) is 0 Å². The maximum Gasteiger partial charge on any atom is 0.205 e. The van der Waals surface area contributed by atoms with Crippen LogP contribution in [0.1, 0.15) is 0 Å². The third kappa shape index (κ3) is 2.12. The fourth-order valence-corrected chi connectivity index (χ4v) is 2.16. The summed E-state index contributed by atoms with van der Waals surface area (Å²) in [6.45, 7) is 0. The molecule has 4 nitrogen and oxygen atoms in total. The highest BCUT2D eigenvalue weighted by Gasteiger charge is 2.11. The summed E-state index contributed by atoms with van der Waals surface area (Å²) in [5, 5.41) is 0. The smallest absolute Gasteiger partial charge is 0.205 e. The van der Waals surface area contributed by atoms with Crippen molar-refractivity contribution in [2.24, 2.45) is 0 Å². The van der Waals surface area contributed by atoms with Crippen molar-refractivity contribution in [1.82, 2.24) is 9.55 Å². The predicted molar refractivity (Wildman–Crippen MR) is 80.0 cm³/mol. The fraction of sp³-hybridized carbons (Fsp3) is 0.0625. The summed E-state index contributed by atoms with van der Waals surface area (Å²) < 4.78 is 7.20. The van der Waals surface area contributed by atoms with E-state index in [1.807, 2.05) is 65.4 Å². The van der Waals surface area contributed by atoms with Crippen LogP contribution in [0.2, 0.25) is 0 Å². The van der Waals surface area contributed by atoms with E-state index in [0.29, 0.717) is 5.95 Å². The van der Waals surface area contributed by atoms with Gasteiger partial charge in [0.2, 0.25) is 5.95 Å². The second-order valence-electron chi connectivity index (χ2n) is 4.39. The van der Waals surface area contributed by atoms with Crippen LogP contribution >= 0.6 is 0 Å². The highest BCUT2D eigenvalue weighted by Crippen LogP contribution is 2.27. The molecule has 3 aromatic rings. The van der Waals surface area contributed by atoms with Gasteiger partial charge >= 0.3 is 0 Å². The van der Waals surface area contributed by atoms with Crippen molar-refractivity contribution in [3.05, 3.63) is 60.8 Å². The molecule has 1 aromatic heterocycles. The lowest BCUT2D eigenvalue weighted by molar-refractivity contribution is 0.413. The van der Waals surface area contributed by atoms with Gasteiger partial charge in [0, 0.05) is 11.8 Å². The average Bonchev–Trinajstić information content (AvgIpc) is 2.90. The van der Waals surface area contributed by atoms with E-state index in [0.717, 1.165) is 22.7 Å². The Balaban J connectivity index is 2.10. The van der Waals surface area contributed by atoms with Crippen LogP contribution in [0, 0.1) is 0 Å². The average molecular weight is 265 g/mol. The van der Waals surface area contributed by atoms with Crippen LogP contribution < -0.4 is 10.5 Å². The molecule has 3 rings (SSSR count). The number of nitrogen functional groups attached to an aromatic ring is 1. The Labute approximate surface area is 117 Å². The van der Waals surface area contributed by atoms with E-state index in [1.54, 1.807) is 7.11 Å². The molecule has 0 aliphatic rings. The number of aromatic nitrogens is 2. The number of anilines is 1. The minimum atomic E-state index is 0.438. The van der Waals surface area contributed by atoms with Gasteiger partial charge in [-0.2, -0.15) is 0 Å². The standard InChI is InChI=1S/C16H15N3O/c1-20-15-10-6-5-9-14(15)19-11-13(18-16(19)17)12-7-3-2-4-8-12/h2-11H,1H3,(H2,17,18). The molecule has 0 aliphatic heterocycles. The van der Waals surface area contributed by atoms with E-state index in [4.69, 9.17) is 10.5 Å². The zero-order valence-corrected chi connectivity index (χ0v) is 11.2. The topological polar surface area (TPSA) is 53.1 Å². The molecule has 0 fully saturated rings. The summed E-state index contributed by atoms with van der Waals surface area (Å²) in [4.78, 5) is 4.42. The van der Waals surface area contributed by atoms with Crippen LogP contribution in [-0.2, 0) is 0 Å². The normalized spacial score (nSPS) is 10.4. The quantitative estimate of drug-likeness (QED) is 0.791. The lowest BCUT2D eigenvalue weighted by atomic mass is 10.2. The number of hydrogen-bond donors (Lipinski definition) is 1. The van der Waals surface area contributed by atoms with Crippen molar-refractivity contribution in [3.8, 4) is 22.7 Å². The molecule has 0 bridgehead atoms. The Morgan fingerprint density at radius 1 is 1.00 bits per heavy atom. The number of hydrogen-bond acceptors (Lipinski definition) is 3. The SMILES string of the molecule is COc1ccccc1-n1cc(-c2ccccc2)nc1N. The Bertz CT molecular complexity index is 720. The third-order valence-corrected chi connectivity index (χ3v) is 3.15. The molecular formula is C16H15N3O. The molecule has 0 spiro atoms. The van der Waals surface area contributed by atoms with Gasteiger partial charge in [0.25, 0.3) is 0 Å². The summed E-state index contributed by atoms with van der Waals surface area (Å²) in [6.07, 6.45) is 1.92. The highest BCUT2D eigenvalue weighted by molar-refractivity contribution is 5.63. The molecule has 0 aliphatic carbocycles. The first kappa shape index (κ1) is 12.3. The molecule has 0 unspecified atom stereocenters. The number of para-hydroxylation sites is 2. The lowest BCUT2D eigenvalue weighted by Crippen LogP contribution is -2.01. The molecule has 1 heterocycles. The fourth-order valence-electron chi connectivity index (χ4n) is 2.16. The number of methoxy groups -OCH3 is 1. The number of ether oxygens (including phenoxy) is 1. The lowest BCUT2D eigenvalue weighted by Gasteiger charge is -2.09. The van der Waals surface area contributed by atoms with Crippen LogP contribution in [0.15, 0.2) is 60.8 Å². The molecule has 0 saturated heterocycles. The van der Waals surface area contributed by atoms with Crippen LogP contribution in [-0.4, -0.2) is 16.7 Å². The third-order valence-electron chi connectivity index (χ3n) is 3.15. The number of nitrogens with two attached hydrogens (primary N) is 1. The van der Waals surface area contributed by atoms with Gasteiger partial charge in [-0.1, -0.05) is 42.5 Å². The van der Waals surface area contributed by atoms with E-state index in [1.165, 1.54) is 0 Å². The first-order valence-corrected chi connectivity index (χ1v) is 6.33. The van der Waals surface area contributed by atoms with Gasteiger partial charge in [0.05, 0.1) is 18.5 Å². The monoisotopic (exact) mass is 265 g/mol. The number of rotatable bonds is 3. The molecule has 20 heavy (non-hydrogen) atoms. The van der Waals surface area contributed by atoms with Crippen LogP contribution in [0.5, 0.6) is 5.75 Å². The van der Waals surface area contributed by atoms with Crippen molar-refractivity contribution in [2.75, 3.05) is 12.8 Å². The molecule has 0 amide bonds. The van der Waals surface area contributed by atoms with Crippen molar-refractivity contribution >= 4 is 5.95 Å². The Hall–Kier alpha value is -2.75. The molecule has 100 valence electrons. The minimum Gasteiger partial charge on any atom is -0.495 e. The highest BCUT2D eigenvalue weighted by atomic mass is 16.5. The minimum absolute atomic E-state index is 0.438. The second kappa shape index (κ2) is 5.09. The second-order valence-corrected chi connectivity index (χ2v) is 4.39. The summed E-state index contributed by atoms with van der Waals surface area (Å²) >= 11 is 0. The first-order chi connectivity index (χ1) is 9.79. The van der Waals surface area contributed by atoms with E-state index in [9.17, 15) is 0 Å². The molecular weight excluding hydrogens is 250 g/mol. The van der Waals surface area contributed by atoms with Crippen molar-refractivity contribution in [2.45, 2.75) is 0 Å². The number of benzene rings is 2. The van der Waals surface area contributed by atoms with E-state index in [2.05, 4.69) is 4.98 Å². The van der Waals surface area contributed by atoms with E-state index < -0.39 is 0 Å². The maximum absolute atomic E-state index is 6.03. The first-order valence-electron chi connectivity index (χ1n) is 6.33. The number of imidazole rings is 1. The summed E-state index contributed by atoms with van der Waals surface area (Å²) in [5.74, 6) is 1.20. The van der Waals surface area contributed by atoms with Crippen LogP contribution in [0.3, 0.4) is 0 Å². The largest absolute Gasteiger partial charge is 0.495 e. The molecule has 0 atom stereocenters. The van der Waals surface area contributed by atoms with Gasteiger partial charge in [-0.05, 0) is 12.1 Å². The Kier molecular flexibility index (Phi) is 3.13. The van der Waals surface area contributed by atoms with Gasteiger partial charge in [-0.15, -0.1) is 0 Å². The van der Waals surface area contributed by atoms with Crippen LogP contribution in [0.25, 0.3) is 16.9 Å². The summed E-state index contributed by atoms with van der Waals surface area (Å²) in [7, 11) is 1.64. The van der Waals surface area contributed by atoms with Gasteiger partial charge in [-0.25, -0.2) is 4.98 Å². The molecule has 0 radical (unpaired) electrons. The van der Waals surface area contributed by atoms with E-state index in [-0.39, 0.29) is 0 Å². The van der Waals surface area contributed by atoms with Gasteiger partial charge in [0.15, 0.2) is 0 Å².